The van der Waals surface area contributed by atoms with Crippen LogP contribution in [0, 0.1) is 0 Å². The van der Waals surface area contributed by atoms with E-state index >= 15 is 0 Å². The molecule has 34 heavy (non-hydrogen) atoms. The van der Waals surface area contributed by atoms with Crippen LogP contribution in [-0.4, -0.2) is 62.5 Å². The number of alkyl carbamates (subject to hydrolysis) is 1. The summed E-state index contributed by atoms with van der Waals surface area (Å²) < 4.78 is 54.0. The van der Waals surface area contributed by atoms with Crippen LogP contribution in [0.15, 0.2) is 12.1 Å². The van der Waals surface area contributed by atoms with Gasteiger partial charge in [0.1, 0.15) is 24.2 Å². The fraction of sp³-hybridized carbons (Fsp3) is 0.591. The Hall–Kier alpha value is -3.18. The molecule has 0 saturated heterocycles. The number of ether oxygens (including phenoxy) is 3. The second-order valence-electron chi connectivity index (χ2n) is 8.67. The first-order valence-electron chi connectivity index (χ1n) is 10.6. The maximum Gasteiger partial charge on any atom is 0.408 e. The number of anilines is 1. The molecule has 1 aromatic carbocycles. The Balaban J connectivity index is 2.43. The lowest BCUT2D eigenvalue weighted by molar-refractivity contribution is -0.139. The SMILES string of the molecule is CC[C@H](NC(=O)OC(C)(C)C)C(=O)N1c2ccc(OC)c(OC)c2CC1C(=O)NCC(F)(F)F. The molecule has 0 aromatic heterocycles. The van der Waals surface area contributed by atoms with E-state index < -0.39 is 48.3 Å². The van der Waals surface area contributed by atoms with Crippen LogP contribution in [-0.2, 0) is 20.7 Å². The highest BCUT2D eigenvalue weighted by Gasteiger charge is 2.43. The van der Waals surface area contributed by atoms with Crippen molar-refractivity contribution in [3.05, 3.63) is 17.7 Å². The Kier molecular flexibility index (Phi) is 8.27. The fourth-order valence-electron chi connectivity index (χ4n) is 3.60. The first-order chi connectivity index (χ1) is 15.7. The van der Waals surface area contributed by atoms with Crippen molar-refractivity contribution in [2.75, 3.05) is 25.7 Å². The van der Waals surface area contributed by atoms with Gasteiger partial charge in [0.05, 0.1) is 19.9 Å². The first-order valence-corrected chi connectivity index (χ1v) is 10.6. The molecule has 0 fully saturated rings. The highest BCUT2D eigenvalue weighted by molar-refractivity contribution is 6.07. The highest BCUT2D eigenvalue weighted by atomic mass is 19.4. The van der Waals surface area contributed by atoms with E-state index in [1.54, 1.807) is 27.7 Å². The molecule has 190 valence electrons. The van der Waals surface area contributed by atoms with Crippen molar-refractivity contribution in [1.82, 2.24) is 10.6 Å². The number of carbonyl (C=O) groups excluding carboxylic acids is 3. The van der Waals surface area contributed by atoms with Crippen LogP contribution in [0.1, 0.15) is 39.7 Å². The Morgan fingerprint density at radius 2 is 1.79 bits per heavy atom. The average Bonchev–Trinajstić information content (AvgIpc) is 3.12. The number of benzene rings is 1. The van der Waals surface area contributed by atoms with E-state index in [9.17, 15) is 27.6 Å². The third-order valence-corrected chi connectivity index (χ3v) is 4.99. The quantitative estimate of drug-likeness (QED) is 0.610. The van der Waals surface area contributed by atoms with Crippen LogP contribution >= 0.6 is 0 Å². The van der Waals surface area contributed by atoms with Crippen molar-refractivity contribution in [2.24, 2.45) is 0 Å². The van der Waals surface area contributed by atoms with E-state index in [-0.39, 0.29) is 24.3 Å². The minimum atomic E-state index is -4.62. The number of alkyl halides is 3. The van der Waals surface area contributed by atoms with Crippen molar-refractivity contribution in [3.63, 3.8) is 0 Å². The molecular formula is C22H30F3N3O6. The molecule has 2 rings (SSSR count). The number of nitrogens with one attached hydrogen (secondary N) is 2. The lowest BCUT2D eigenvalue weighted by Crippen LogP contribution is -2.55. The molecule has 1 heterocycles. The number of rotatable bonds is 7. The number of amides is 3. The summed E-state index contributed by atoms with van der Waals surface area (Å²) in [6, 6.07) is 0.661. The predicted octanol–water partition coefficient (Wildman–Crippen LogP) is 2.94. The summed E-state index contributed by atoms with van der Waals surface area (Å²) in [5.74, 6) is -1.07. The van der Waals surface area contributed by atoms with Crippen LogP contribution in [0.25, 0.3) is 0 Å². The topological polar surface area (TPSA) is 106 Å². The molecule has 1 aliphatic heterocycles. The summed E-state index contributed by atoms with van der Waals surface area (Å²) in [5, 5.41) is 4.31. The van der Waals surface area contributed by atoms with E-state index in [0.29, 0.717) is 11.3 Å². The van der Waals surface area contributed by atoms with Crippen LogP contribution in [0.4, 0.5) is 23.7 Å². The zero-order chi connectivity index (χ0) is 25.8. The van der Waals surface area contributed by atoms with Gasteiger partial charge in [-0.2, -0.15) is 13.2 Å². The van der Waals surface area contributed by atoms with Gasteiger partial charge in [0, 0.05) is 12.0 Å². The molecule has 1 unspecified atom stereocenters. The van der Waals surface area contributed by atoms with Gasteiger partial charge in [0.25, 0.3) is 0 Å². The van der Waals surface area contributed by atoms with Crippen LogP contribution < -0.4 is 25.0 Å². The summed E-state index contributed by atoms with van der Waals surface area (Å²) >= 11 is 0. The van der Waals surface area contributed by atoms with E-state index in [2.05, 4.69) is 5.32 Å². The second-order valence-corrected chi connectivity index (χ2v) is 8.67. The van der Waals surface area contributed by atoms with Crippen LogP contribution in [0.2, 0.25) is 0 Å². The molecule has 2 N–H and O–H groups in total. The molecule has 0 aliphatic carbocycles. The van der Waals surface area contributed by atoms with Gasteiger partial charge in [-0.25, -0.2) is 4.79 Å². The van der Waals surface area contributed by atoms with Crippen molar-refractivity contribution < 1.29 is 41.8 Å². The number of carbonyl (C=O) groups is 3. The number of halogens is 3. The molecule has 0 bridgehead atoms. The van der Waals surface area contributed by atoms with E-state index in [0.717, 1.165) is 4.90 Å². The molecule has 2 atom stereocenters. The minimum Gasteiger partial charge on any atom is -0.493 e. The fourth-order valence-corrected chi connectivity index (χ4v) is 3.60. The number of hydrogen-bond donors (Lipinski definition) is 2. The zero-order valence-corrected chi connectivity index (χ0v) is 20.0. The van der Waals surface area contributed by atoms with E-state index in [4.69, 9.17) is 14.2 Å². The number of nitrogens with zero attached hydrogens (tertiary/aromatic N) is 1. The molecule has 0 spiro atoms. The lowest BCUT2D eigenvalue weighted by Gasteiger charge is -2.29. The van der Waals surface area contributed by atoms with Gasteiger partial charge in [-0.3, -0.25) is 14.5 Å². The van der Waals surface area contributed by atoms with Gasteiger partial charge >= 0.3 is 12.3 Å². The summed E-state index contributed by atoms with van der Waals surface area (Å²) in [7, 11) is 2.79. The Morgan fingerprint density at radius 1 is 1.15 bits per heavy atom. The van der Waals surface area contributed by atoms with E-state index in [1.165, 1.54) is 26.4 Å². The smallest absolute Gasteiger partial charge is 0.408 e. The lowest BCUT2D eigenvalue weighted by atomic mass is 10.1. The monoisotopic (exact) mass is 489 g/mol. The van der Waals surface area contributed by atoms with Crippen LogP contribution in [0.3, 0.4) is 0 Å². The number of fused-ring (bicyclic) bond motifs is 1. The Labute approximate surface area is 195 Å². The van der Waals surface area contributed by atoms with Crippen molar-refractivity contribution >= 4 is 23.6 Å². The molecule has 9 nitrogen and oxygen atoms in total. The number of hydrogen-bond acceptors (Lipinski definition) is 6. The summed E-state index contributed by atoms with van der Waals surface area (Å²) in [6.07, 6.45) is -5.42. The van der Waals surface area contributed by atoms with Crippen LogP contribution in [0.5, 0.6) is 11.5 Å². The molecule has 1 aromatic rings. The Bertz CT molecular complexity index is 930. The van der Waals surface area contributed by atoms with Gasteiger partial charge in [-0.1, -0.05) is 6.92 Å². The van der Waals surface area contributed by atoms with Gasteiger partial charge < -0.3 is 24.8 Å². The van der Waals surface area contributed by atoms with Crippen molar-refractivity contribution in [2.45, 2.75) is 64.4 Å². The summed E-state index contributed by atoms with van der Waals surface area (Å²) in [6.45, 7) is 5.07. The zero-order valence-electron chi connectivity index (χ0n) is 20.0. The highest BCUT2D eigenvalue weighted by Crippen LogP contribution is 2.44. The average molecular weight is 489 g/mol. The summed E-state index contributed by atoms with van der Waals surface area (Å²) in [4.78, 5) is 39.6. The maximum atomic E-state index is 13.5. The van der Waals surface area contributed by atoms with Gasteiger partial charge in [-0.05, 0) is 39.3 Å². The van der Waals surface area contributed by atoms with Crippen molar-refractivity contribution in [3.8, 4) is 11.5 Å². The third-order valence-electron chi connectivity index (χ3n) is 4.99. The van der Waals surface area contributed by atoms with Crippen molar-refractivity contribution in [1.29, 1.82) is 0 Å². The van der Waals surface area contributed by atoms with Gasteiger partial charge in [0.2, 0.25) is 11.8 Å². The molecule has 3 amide bonds. The van der Waals surface area contributed by atoms with E-state index in [1.807, 2.05) is 5.32 Å². The Morgan fingerprint density at radius 3 is 2.29 bits per heavy atom. The summed E-state index contributed by atoms with van der Waals surface area (Å²) in [5.41, 5.74) is -0.107. The largest absolute Gasteiger partial charge is 0.493 e. The maximum absolute atomic E-state index is 13.5. The third kappa shape index (κ3) is 6.45. The molecule has 1 aliphatic rings. The second kappa shape index (κ2) is 10.4. The first kappa shape index (κ1) is 27.1. The van der Waals surface area contributed by atoms with Gasteiger partial charge in [-0.15, -0.1) is 0 Å². The predicted molar refractivity (Wildman–Crippen MR) is 117 cm³/mol. The minimum absolute atomic E-state index is 0.103. The number of methoxy groups -OCH3 is 2. The molecule has 12 heteroatoms. The molecular weight excluding hydrogens is 459 g/mol. The standard InChI is InChI=1S/C22H30F3N3O6/c1-7-13(27-20(31)34-21(2,3)4)19(30)28-14-8-9-16(32-5)17(33-6)12(14)10-15(28)18(29)26-11-22(23,24)25/h8-9,13,15H,7,10-11H2,1-6H3,(H,26,29)(H,27,31)/t13-,15?/m0/s1. The molecule has 0 saturated carbocycles. The normalized spacial score (nSPS) is 16.4. The van der Waals surface area contributed by atoms with Gasteiger partial charge in [0.15, 0.2) is 11.5 Å². The molecule has 0 radical (unpaired) electrons.